The summed E-state index contributed by atoms with van der Waals surface area (Å²) < 4.78 is 12.2. The van der Waals surface area contributed by atoms with Gasteiger partial charge in [-0.05, 0) is 31.2 Å². The van der Waals surface area contributed by atoms with Crippen LogP contribution >= 0.6 is 0 Å². The molecular formula is C12H26FN. The summed E-state index contributed by atoms with van der Waals surface area (Å²) in [7, 11) is 0. The number of rotatable bonds is 3. The lowest BCUT2D eigenvalue weighted by Gasteiger charge is -2.29. The van der Waals surface area contributed by atoms with E-state index in [2.05, 4.69) is 25.7 Å². The van der Waals surface area contributed by atoms with Crippen molar-refractivity contribution >= 4 is 0 Å². The van der Waals surface area contributed by atoms with E-state index in [4.69, 9.17) is 0 Å². The Bertz CT molecular complexity index is 151. The summed E-state index contributed by atoms with van der Waals surface area (Å²) in [4.78, 5) is 2.31. The molecule has 0 N–H and O–H groups in total. The minimum Gasteiger partial charge on any atom is -0.298 e. The topological polar surface area (TPSA) is 3.24 Å². The summed E-state index contributed by atoms with van der Waals surface area (Å²) >= 11 is 0. The molecule has 1 aliphatic rings. The summed E-state index contributed by atoms with van der Waals surface area (Å²) in [6.45, 7) is 8.34. The quantitative estimate of drug-likeness (QED) is 0.678. The smallest absolute Gasteiger partial charge is 0.102 e. The summed E-state index contributed by atoms with van der Waals surface area (Å²) in [5.41, 5.74) is 0.379. The highest BCUT2D eigenvalue weighted by Gasteiger charge is 2.27. The molecule has 0 aromatic heterocycles. The van der Waals surface area contributed by atoms with Crippen LogP contribution in [-0.2, 0) is 0 Å². The summed E-state index contributed by atoms with van der Waals surface area (Å²) in [5.74, 6) is 0. The Labute approximate surface area is 88.7 Å². The van der Waals surface area contributed by atoms with Crippen molar-refractivity contribution in [2.45, 2.75) is 53.5 Å². The van der Waals surface area contributed by atoms with Gasteiger partial charge in [0.1, 0.15) is 6.67 Å². The number of nitrogens with zero attached hydrogens (tertiary/aromatic N) is 1. The highest BCUT2D eigenvalue weighted by Crippen LogP contribution is 2.29. The van der Waals surface area contributed by atoms with Crippen LogP contribution in [0.2, 0.25) is 0 Å². The first-order valence-corrected chi connectivity index (χ1v) is 5.33. The lowest BCUT2D eigenvalue weighted by atomic mass is 9.87. The van der Waals surface area contributed by atoms with Gasteiger partial charge in [-0.1, -0.05) is 28.2 Å². The zero-order valence-electron chi connectivity index (χ0n) is 9.15. The molecule has 1 saturated heterocycles. The Kier molecular flexibility index (Phi) is 5.65. The van der Waals surface area contributed by atoms with Crippen molar-refractivity contribution in [3.63, 3.8) is 0 Å². The van der Waals surface area contributed by atoms with Crippen LogP contribution < -0.4 is 0 Å². The molecule has 1 atom stereocenters. The fourth-order valence-electron chi connectivity index (χ4n) is 2.24. The number of halogens is 1. The van der Waals surface area contributed by atoms with E-state index < -0.39 is 0 Å². The standard InChI is InChI=1S/C11H22FN.CH4/c1-11(2,3)9-10-5-4-7-13(10)8-6-12;/h10H,4-9H2,1-3H3;1H4/t10-;/m0./s1. The van der Waals surface area contributed by atoms with E-state index in [-0.39, 0.29) is 14.1 Å². The molecule has 1 heterocycles. The maximum atomic E-state index is 12.2. The van der Waals surface area contributed by atoms with Gasteiger partial charge in [-0.2, -0.15) is 0 Å². The number of hydrogen-bond donors (Lipinski definition) is 0. The molecule has 0 radical (unpaired) electrons. The normalized spacial score (nSPS) is 23.6. The van der Waals surface area contributed by atoms with Crippen molar-refractivity contribution in [3.8, 4) is 0 Å². The largest absolute Gasteiger partial charge is 0.298 e. The second-order valence-corrected chi connectivity index (χ2v) is 5.29. The molecule has 86 valence electrons. The van der Waals surface area contributed by atoms with E-state index in [1.807, 2.05) is 0 Å². The third-order valence-corrected chi connectivity index (χ3v) is 2.72. The van der Waals surface area contributed by atoms with Crippen molar-refractivity contribution < 1.29 is 4.39 Å². The predicted octanol–water partition coefficient (Wildman–Crippen LogP) is 3.49. The lowest BCUT2D eigenvalue weighted by molar-refractivity contribution is 0.180. The molecule has 1 fully saturated rings. The maximum absolute atomic E-state index is 12.2. The van der Waals surface area contributed by atoms with Crippen LogP contribution in [0.25, 0.3) is 0 Å². The first-order chi connectivity index (χ1) is 6.03. The molecule has 0 unspecified atom stereocenters. The third-order valence-electron chi connectivity index (χ3n) is 2.72. The Morgan fingerprint density at radius 1 is 1.36 bits per heavy atom. The van der Waals surface area contributed by atoms with Crippen LogP contribution in [0.1, 0.15) is 47.5 Å². The molecule has 0 amide bonds. The Balaban J connectivity index is 0.00000169. The molecule has 1 aliphatic heterocycles. The number of alkyl halides is 1. The van der Waals surface area contributed by atoms with Crippen molar-refractivity contribution in [3.05, 3.63) is 0 Å². The maximum Gasteiger partial charge on any atom is 0.102 e. The zero-order chi connectivity index (χ0) is 9.90. The highest BCUT2D eigenvalue weighted by atomic mass is 19.1. The van der Waals surface area contributed by atoms with Crippen LogP contribution in [0.3, 0.4) is 0 Å². The van der Waals surface area contributed by atoms with Gasteiger partial charge in [0.2, 0.25) is 0 Å². The van der Waals surface area contributed by atoms with Crippen molar-refractivity contribution in [1.82, 2.24) is 4.90 Å². The van der Waals surface area contributed by atoms with Crippen molar-refractivity contribution in [2.75, 3.05) is 19.8 Å². The summed E-state index contributed by atoms with van der Waals surface area (Å²) in [6.07, 6.45) is 3.71. The van der Waals surface area contributed by atoms with Crippen LogP contribution in [-0.4, -0.2) is 30.7 Å². The zero-order valence-corrected chi connectivity index (χ0v) is 9.15. The third kappa shape index (κ3) is 4.41. The van der Waals surface area contributed by atoms with Gasteiger partial charge in [-0.15, -0.1) is 0 Å². The fourth-order valence-corrected chi connectivity index (χ4v) is 2.24. The minimum atomic E-state index is -0.194. The number of likely N-dealkylation sites (tertiary alicyclic amines) is 1. The van der Waals surface area contributed by atoms with Gasteiger partial charge in [0, 0.05) is 12.6 Å². The van der Waals surface area contributed by atoms with E-state index in [1.165, 1.54) is 19.3 Å². The van der Waals surface area contributed by atoms with Gasteiger partial charge in [0.15, 0.2) is 0 Å². The molecule has 2 heteroatoms. The van der Waals surface area contributed by atoms with E-state index in [1.54, 1.807) is 0 Å². The lowest BCUT2D eigenvalue weighted by Crippen LogP contribution is -2.34. The molecule has 0 aliphatic carbocycles. The van der Waals surface area contributed by atoms with E-state index in [9.17, 15) is 4.39 Å². The van der Waals surface area contributed by atoms with Gasteiger partial charge < -0.3 is 0 Å². The predicted molar refractivity (Wildman–Crippen MR) is 61.4 cm³/mol. The number of hydrogen-bond acceptors (Lipinski definition) is 1. The van der Waals surface area contributed by atoms with Gasteiger partial charge >= 0.3 is 0 Å². The summed E-state index contributed by atoms with van der Waals surface area (Å²) in [5, 5.41) is 0. The van der Waals surface area contributed by atoms with Crippen LogP contribution in [0.4, 0.5) is 4.39 Å². The van der Waals surface area contributed by atoms with Crippen LogP contribution in [0.5, 0.6) is 0 Å². The SMILES string of the molecule is C.CC(C)(C)C[C@@H]1CCCN1CCF. The molecule has 0 aromatic rings. The Morgan fingerprint density at radius 3 is 2.50 bits per heavy atom. The van der Waals surface area contributed by atoms with Crippen molar-refractivity contribution in [1.29, 1.82) is 0 Å². The van der Waals surface area contributed by atoms with Crippen LogP contribution in [0, 0.1) is 5.41 Å². The second kappa shape index (κ2) is 5.69. The molecule has 0 spiro atoms. The molecule has 0 aromatic carbocycles. The van der Waals surface area contributed by atoms with E-state index in [0.29, 0.717) is 18.0 Å². The van der Waals surface area contributed by atoms with E-state index in [0.717, 1.165) is 6.54 Å². The molecule has 1 nitrogen and oxygen atoms in total. The molecule has 0 saturated carbocycles. The first-order valence-electron chi connectivity index (χ1n) is 5.33. The second-order valence-electron chi connectivity index (χ2n) is 5.29. The Morgan fingerprint density at radius 2 is 2.00 bits per heavy atom. The highest BCUT2D eigenvalue weighted by molar-refractivity contribution is 4.82. The Hall–Kier alpha value is -0.110. The van der Waals surface area contributed by atoms with Gasteiger partial charge in [0.25, 0.3) is 0 Å². The average Bonchev–Trinajstić information content (AvgIpc) is 2.34. The summed E-state index contributed by atoms with van der Waals surface area (Å²) in [6, 6.07) is 0.635. The fraction of sp³-hybridized carbons (Fsp3) is 1.00. The van der Waals surface area contributed by atoms with Crippen molar-refractivity contribution in [2.24, 2.45) is 5.41 Å². The minimum absolute atomic E-state index is 0. The van der Waals surface area contributed by atoms with Crippen LogP contribution in [0.15, 0.2) is 0 Å². The van der Waals surface area contributed by atoms with E-state index >= 15 is 0 Å². The molecule has 1 rings (SSSR count). The first kappa shape index (κ1) is 13.9. The van der Waals surface area contributed by atoms with Gasteiger partial charge in [-0.25, -0.2) is 4.39 Å². The van der Waals surface area contributed by atoms with Gasteiger partial charge in [0.05, 0.1) is 0 Å². The molecule has 0 bridgehead atoms. The van der Waals surface area contributed by atoms with Gasteiger partial charge in [-0.3, -0.25) is 4.90 Å². The monoisotopic (exact) mass is 203 g/mol. The average molecular weight is 203 g/mol. The molecule has 14 heavy (non-hydrogen) atoms. The molecular weight excluding hydrogens is 177 g/mol.